The van der Waals surface area contributed by atoms with Crippen molar-refractivity contribution in [2.45, 2.75) is 59.8 Å². The minimum Gasteiger partial charge on any atom is -0.508 e. The summed E-state index contributed by atoms with van der Waals surface area (Å²) in [5.74, 6) is 0.402. The number of rotatable bonds is 10. The lowest BCUT2D eigenvalue weighted by Gasteiger charge is -2.08. The van der Waals surface area contributed by atoms with Crippen LogP contribution in [0.3, 0.4) is 0 Å². The Morgan fingerprint density at radius 1 is 0.688 bits per heavy atom. The highest BCUT2D eigenvalue weighted by Gasteiger charge is 2.08. The van der Waals surface area contributed by atoms with Gasteiger partial charge in [-0.15, -0.1) is 0 Å². The number of aromatic hydroxyl groups is 3. The van der Waals surface area contributed by atoms with Gasteiger partial charge in [0.1, 0.15) is 17.2 Å². The summed E-state index contributed by atoms with van der Waals surface area (Å²) < 4.78 is 0. The van der Waals surface area contributed by atoms with E-state index in [9.17, 15) is 15.3 Å². The van der Waals surface area contributed by atoms with Crippen LogP contribution >= 0.6 is 0 Å². The lowest BCUT2D eigenvalue weighted by Crippen LogP contribution is -1.88. The number of hydrogen-bond acceptors (Lipinski definition) is 3. The molecule has 0 saturated carbocycles. The molecular weight excluding hydrogens is 396 g/mol. The van der Waals surface area contributed by atoms with E-state index in [4.69, 9.17) is 0 Å². The molecule has 32 heavy (non-hydrogen) atoms. The quantitative estimate of drug-likeness (QED) is 0.264. The summed E-state index contributed by atoms with van der Waals surface area (Å²) in [7, 11) is 0. The Balaban J connectivity index is 1.93. The molecule has 0 aliphatic heterocycles. The highest BCUT2D eigenvalue weighted by molar-refractivity contribution is 5.72. The van der Waals surface area contributed by atoms with Crippen LogP contribution in [0.25, 0.3) is 12.2 Å². The van der Waals surface area contributed by atoms with Gasteiger partial charge in [0.05, 0.1) is 0 Å². The van der Waals surface area contributed by atoms with Crippen molar-refractivity contribution in [1.29, 1.82) is 0 Å². The standard InChI is InChI=1S/C29H36O3/c1-21(2)7-5-8-22(3)9-6-10-23(4)11-18-27-28(31)19-25(20-29(27)32)13-12-24-14-16-26(30)17-15-24/h7,9,11-17,19-20,30-32H,5-6,8,10,18H2,1-4H3/b13-12+,22-9+,23-11+. The van der Waals surface area contributed by atoms with E-state index >= 15 is 0 Å². The van der Waals surface area contributed by atoms with Crippen LogP contribution in [0.5, 0.6) is 17.2 Å². The maximum atomic E-state index is 10.4. The number of phenols is 3. The van der Waals surface area contributed by atoms with Crippen LogP contribution < -0.4 is 0 Å². The van der Waals surface area contributed by atoms with E-state index in [1.807, 2.05) is 12.2 Å². The summed E-state index contributed by atoms with van der Waals surface area (Å²) in [5.41, 5.74) is 6.20. The fourth-order valence-electron chi connectivity index (χ4n) is 3.36. The zero-order valence-corrected chi connectivity index (χ0v) is 19.7. The summed E-state index contributed by atoms with van der Waals surface area (Å²) in [6.45, 7) is 8.54. The third-order valence-electron chi connectivity index (χ3n) is 5.36. The third kappa shape index (κ3) is 8.89. The maximum absolute atomic E-state index is 10.4. The van der Waals surface area contributed by atoms with E-state index < -0.39 is 0 Å². The second-order valence-corrected chi connectivity index (χ2v) is 8.63. The first-order valence-corrected chi connectivity index (χ1v) is 11.2. The van der Waals surface area contributed by atoms with Crippen molar-refractivity contribution >= 4 is 12.2 Å². The first-order chi connectivity index (χ1) is 15.2. The Morgan fingerprint density at radius 2 is 1.22 bits per heavy atom. The number of allylic oxidation sites excluding steroid dienone is 6. The Labute approximate surface area is 192 Å². The number of phenolic OH excluding ortho intramolecular Hbond substituents is 3. The van der Waals surface area contributed by atoms with Crippen molar-refractivity contribution in [3.05, 3.63) is 88.0 Å². The van der Waals surface area contributed by atoms with E-state index in [-0.39, 0.29) is 17.2 Å². The van der Waals surface area contributed by atoms with Crippen LogP contribution in [0.15, 0.2) is 71.3 Å². The van der Waals surface area contributed by atoms with Gasteiger partial charge in [0, 0.05) is 5.56 Å². The third-order valence-corrected chi connectivity index (χ3v) is 5.36. The molecule has 0 aliphatic rings. The predicted molar refractivity (Wildman–Crippen MR) is 136 cm³/mol. The van der Waals surface area contributed by atoms with E-state index in [0.29, 0.717) is 17.5 Å². The number of benzene rings is 2. The Morgan fingerprint density at radius 3 is 1.81 bits per heavy atom. The fourth-order valence-corrected chi connectivity index (χ4v) is 3.36. The average molecular weight is 433 g/mol. The first kappa shape index (κ1) is 25.1. The van der Waals surface area contributed by atoms with Crippen molar-refractivity contribution < 1.29 is 15.3 Å². The summed E-state index contributed by atoms with van der Waals surface area (Å²) in [6, 6.07) is 10.2. The van der Waals surface area contributed by atoms with Crippen molar-refractivity contribution in [3.8, 4) is 17.2 Å². The van der Waals surface area contributed by atoms with Gasteiger partial charge < -0.3 is 15.3 Å². The van der Waals surface area contributed by atoms with Crippen LogP contribution in [0, 0.1) is 0 Å². The summed E-state index contributed by atoms with van der Waals surface area (Å²) >= 11 is 0. The first-order valence-electron chi connectivity index (χ1n) is 11.2. The molecule has 0 aliphatic carbocycles. The Kier molecular flexibility index (Phi) is 9.87. The van der Waals surface area contributed by atoms with Crippen LogP contribution in [0.2, 0.25) is 0 Å². The summed E-state index contributed by atoms with van der Waals surface area (Å²) in [4.78, 5) is 0. The van der Waals surface area contributed by atoms with Crippen LogP contribution in [-0.2, 0) is 6.42 Å². The molecule has 2 aromatic rings. The number of hydrogen-bond donors (Lipinski definition) is 3. The van der Waals surface area contributed by atoms with E-state index in [0.717, 1.165) is 31.2 Å². The molecule has 2 rings (SSSR count). The molecule has 0 atom stereocenters. The van der Waals surface area contributed by atoms with Crippen LogP contribution in [-0.4, -0.2) is 15.3 Å². The van der Waals surface area contributed by atoms with E-state index in [1.165, 1.54) is 16.7 Å². The van der Waals surface area contributed by atoms with Gasteiger partial charge in [0.2, 0.25) is 0 Å². The molecule has 0 unspecified atom stereocenters. The largest absolute Gasteiger partial charge is 0.508 e. The molecule has 3 nitrogen and oxygen atoms in total. The van der Waals surface area contributed by atoms with Gasteiger partial charge in [-0.05, 0) is 95.2 Å². The van der Waals surface area contributed by atoms with E-state index in [1.54, 1.807) is 36.4 Å². The zero-order valence-electron chi connectivity index (χ0n) is 19.7. The monoisotopic (exact) mass is 432 g/mol. The molecule has 170 valence electrons. The van der Waals surface area contributed by atoms with Gasteiger partial charge in [0.25, 0.3) is 0 Å². The minimum atomic E-state index is 0.0921. The minimum absolute atomic E-state index is 0.0921. The summed E-state index contributed by atoms with van der Waals surface area (Å²) in [5, 5.41) is 30.2. The molecule has 0 spiro atoms. The van der Waals surface area contributed by atoms with Crippen molar-refractivity contribution in [2.75, 3.05) is 0 Å². The lowest BCUT2D eigenvalue weighted by molar-refractivity contribution is 0.440. The molecule has 2 aromatic carbocycles. The predicted octanol–water partition coefficient (Wildman–Crippen LogP) is 7.94. The molecule has 3 N–H and O–H groups in total. The SMILES string of the molecule is CC(C)=CCC/C(C)=C/CC/C(C)=C/Cc1c(O)cc(/C=C/c2ccc(O)cc2)cc1O. The topological polar surface area (TPSA) is 60.7 Å². The highest BCUT2D eigenvalue weighted by Crippen LogP contribution is 2.31. The van der Waals surface area contributed by atoms with Gasteiger partial charge in [-0.2, -0.15) is 0 Å². The fraction of sp³-hybridized carbons (Fsp3) is 0.310. The van der Waals surface area contributed by atoms with Gasteiger partial charge in [-0.25, -0.2) is 0 Å². The van der Waals surface area contributed by atoms with Crippen LogP contribution in [0.4, 0.5) is 0 Å². The average Bonchev–Trinajstić information content (AvgIpc) is 2.72. The van der Waals surface area contributed by atoms with Crippen LogP contribution in [0.1, 0.15) is 70.1 Å². The molecule has 0 amide bonds. The molecular formula is C29H36O3. The van der Waals surface area contributed by atoms with Crippen molar-refractivity contribution in [3.63, 3.8) is 0 Å². The van der Waals surface area contributed by atoms with Gasteiger partial charge in [-0.1, -0.05) is 59.2 Å². The van der Waals surface area contributed by atoms with Gasteiger partial charge in [0.15, 0.2) is 0 Å². The molecule has 0 saturated heterocycles. The molecule has 0 fully saturated rings. The maximum Gasteiger partial charge on any atom is 0.123 e. The Hall–Kier alpha value is -3.20. The molecule has 0 heterocycles. The van der Waals surface area contributed by atoms with Crippen molar-refractivity contribution in [1.82, 2.24) is 0 Å². The second kappa shape index (κ2) is 12.6. The Bertz CT molecular complexity index is 978. The molecule has 0 bridgehead atoms. The van der Waals surface area contributed by atoms with E-state index in [2.05, 4.69) is 45.9 Å². The lowest BCUT2D eigenvalue weighted by atomic mass is 10.0. The normalized spacial score (nSPS) is 12.4. The zero-order chi connectivity index (χ0) is 23.5. The molecule has 0 radical (unpaired) electrons. The highest BCUT2D eigenvalue weighted by atomic mass is 16.3. The van der Waals surface area contributed by atoms with Crippen molar-refractivity contribution in [2.24, 2.45) is 0 Å². The molecule has 3 heteroatoms. The smallest absolute Gasteiger partial charge is 0.123 e. The van der Waals surface area contributed by atoms with Gasteiger partial charge in [-0.3, -0.25) is 0 Å². The summed E-state index contributed by atoms with van der Waals surface area (Å²) in [6.07, 6.45) is 15.0. The van der Waals surface area contributed by atoms with Gasteiger partial charge >= 0.3 is 0 Å². The second-order valence-electron chi connectivity index (χ2n) is 8.63. The molecule has 0 aromatic heterocycles.